The van der Waals surface area contributed by atoms with E-state index in [-0.39, 0.29) is 24.8 Å². The second kappa shape index (κ2) is 38.0. The number of carbonyl (C=O) groups excluding carboxylic acids is 2. The van der Waals surface area contributed by atoms with Crippen molar-refractivity contribution in [3.63, 3.8) is 0 Å². The molecule has 0 amide bonds. The highest BCUT2D eigenvalue weighted by Gasteiger charge is 2.17. The van der Waals surface area contributed by atoms with Crippen molar-refractivity contribution in [3.05, 3.63) is 0 Å². The first-order chi connectivity index (χ1) is 22.9. The highest BCUT2D eigenvalue weighted by atomic mass is 32.1. The molecule has 4 N–H and O–H groups in total. The number of carboxylic acid groups (broad SMARTS) is 4. The molecule has 0 spiro atoms. The van der Waals surface area contributed by atoms with Crippen molar-refractivity contribution in [2.45, 2.75) is 116 Å². The molecular formula is C32H58O12S4. The minimum absolute atomic E-state index is 0.0463. The molecule has 0 aliphatic rings. The summed E-state index contributed by atoms with van der Waals surface area (Å²) >= 11 is 16.2. The Bertz CT molecular complexity index is 793. The number of hydrogen-bond acceptors (Lipinski definition) is 12. The molecule has 12 nitrogen and oxygen atoms in total. The molecule has 0 fully saturated rings. The average molecular weight is 763 g/mol. The van der Waals surface area contributed by atoms with Gasteiger partial charge in [0.2, 0.25) is 0 Å². The Labute approximate surface area is 307 Å². The minimum atomic E-state index is -0.872. The molecule has 0 bridgehead atoms. The Hall–Kier alpha value is -1.78. The van der Waals surface area contributed by atoms with Gasteiger partial charge in [0.05, 0.1) is 25.0 Å². The van der Waals surface area contributed by atoms with Crippen LogP contribution in [0, 0.1) is 11.8 Å². The first-order valence-electron chi connectivity index (χ1n) is 16.5. The highest BCUT2D eigenvalue weighted by molar-refractivity contribution is 7.80. The summed E-state index contributed by atoms with van der Waals surface area (Å²) in [6.45, 7) is 0.930. The highest BCUT2D eigenvalue weighted by Crippen LogP contribution is 2.16. The lowest BCUT2D eigenvalue weighted by atomic mass is 9.97. The Morgan fingerprint density at radius 2 is 0.729 bits per heavy atom. The molecule has 0 heterocycles. The Morgan fingerprint density at radius 1 is 0.417 bits per heavy atom. The van der Waals surface area contributed by atoms with Crippen LogP contribution in [0.25, 0.3) is 0 Å². The number of ether oxygens (including phenoxy) is 2. The molecule has 0 aromatic carbocycles. The van der Waals surface area contributed by atoms with E-state index in [0.29, 0.717) is 88.9 Å². The van der Waals surface area contributed by atoms with Crippen LogP contribution in [0.2, 0.25) is 0 Å². The summed E-state index contributed by atoms with van der Waals surface area (Å²) in [5.74, 6) is -1.66. The van der Waals surface area contributed by atoms with Gasteiger partial charge in [-0.1, -0.05) is 0 Å². The van der Waals surface area contributed by atoms with E-state index in [9.17, 15) is 28.8 Å². The summed E-state index contributed by atoms with van der Waals surface area (Å²) in [5, 5.41) is 34.3. The molecule has 0 aliphatic carbocycles. The zero-order valence-corrected chi connectivity index (χ0v) is 31.5. The summed E-state index contributed by atoms with van der Waals surface area (Å²) in [7, 11) is 0. The predicted molar refractivity (Wildman–Crippen MR) is 198 cm³/mol. The summed E-state index contributed by atoms with van der Waals surface area (Å²) < 4.78 is 10.1. The van der Waals surface area contributed by atoms with Gasteiger partial charge in [0.15, 0.2) is 0 Å². The topological polar surface area (TPSA) is 202 Å². The smallest absolute Gasteiger partial charge is 0.306 e. The second-order valence-electron chi connectivity index (χ2n) is 10.9. The largest absolute Gasteiger partial charge is 0.481 e. The Kier molecular flexibility index (Phi) is 40.1. The molecule has 0 saturated carbocycles. The summed E-state index contributed by atoms with van der Waals surface area (Å²) in [4.78, 5) is 64.5. The van der Waals surface area contributed by atoms with Crippen molar-refractivity contribution in [1.82, 2.24) is 0 Å². The van der Waals surface area contributed by atoms with Crippen LogP contribution >= 0.6 is 50.5 Å². The molecule has 282 valence electrons. The minimum Gasteiger partial charge on any atom is -0.481 e. The fourth-order valence-electron chi connectivity index (χ4n) is 3.94. The van der Waals surface area contributed by atoms with Crippen molar-refractivity contribution < 1.29 is 58.7 Å². The normalized spacial score (nSPS) is 11.5. The maximum absolute atomic E-state index is 11.3. The van der Waals surface area contributed by atoms with E-state index in [1.807, 2.05) is 0 Å². The summed E-state index contributed by atoms with van der Waals surface area (Å²) in [6, 6.07) is 0. The van der Waals surface area contributed by atoms with E-state index in [1.54, 1.807) is 0 Å². The van der Waals surface area contributed by atoms with Gasteiger partial charge in [-0.2, -0.15) is 50.5 Å². The lowest BCUT2D eigenvalue weighted by Gasteiger charge is -2.10. The SMILES string of the molecule is O=C(CCCCC(=O)OCCCCS)OCCCCS.O=C(O)CCCC(CCCS)C(=O)O.O=C(O)CCCC(CCCS)C(=O)O. The van der Waals surface area contributed by atoms with Crippen LogP contribution in [-0.4, -0.2) is 92.5 Å². The third-order valence-electron chi connectivity index (χ3n) is 6.65. The number of rotatable bonds is 29. The van der Waals surface area contributed by atoms with E-state index in [0.717, 1.165) is 50.0 Å². The maximum Gasteiger partial charge on any atom is 0.306 e. The predicted octanol–water partition coefficient (Wildman–Crippen LogP) is 6.36. The van der Waals surface area contributed by atoms with Gasteiger partial charge >= 0.3 is 35.8 Å². The van der Waals surface area contributed by atoms with Crippen LogP contribution < -0.4 is 0 Å². The van der Waals surface area contributed by atoms with Crippen LogP contribution in [-0.2, 0) is 38.2 Å². The van der Waals surface area contributed by atoms with Crippen molar-refractivity contribution >= 4 is 86.3 Å². The van der Waals surface area contributed by atoms with Crippen molar-refractivity contribution in [2.75, 3.05) is 36.2 Å². The molecule has 2 atom stereocenters. The van der Waals surface area contributed by atoms with Crippen LogP contribution in [0.1, 0.15) is 116 Å². The zero-order valence-electron chi connectivity index (χ0n) is 28.0. The molecular weight excluding hydrogens is 705 g/mol. The number of carboxylic acids is 4. The van der Waals surface area contributed by atoms with Gasteiger partial charge in [-0.25, -0.2) is 0 Å². The summed E-state index contributed by atoms with van der Waals surface area (Å²) in [6.07, 6.45) is 10.2. The van der Waals surface area contributed by atoms with E-state index in [2.05, 4.69) is 50.5 Å². The molecule has 0 saturated heterocycles. The van der Waals surface area contributed by atoms with Gasteiger partial charge in [0, 0.05) is 25.7 Å². The van der Waals surface area contributed by atoms with Crippen LogP contribution in [0.5, 0.6) is 0 Å². The average Bonchev–Trinajstić information content (AvgIpc) is 3.03. The van der Waals surface area contributed by atoms with Crippen LogP contribution in [0.3, 0.4) is 0 Å². The molecule has 48 heavy (non-hydrogen) atoms. The molecule has 0 aliphatic heterocycles. The second-order valence-corrected chi connectivity index (χ2v) is 12.7. The zero-order chi connectivity index (χ0) is 37.0. The van der Waals surface area contributed by atoms with E-state index >= 15 is 0 Å². The quantitative estimate of drug-likeness (QED) is 0.0239. The molecule has 0 rings (SSSR count). The van der Waals surface area contributed by atoms with E-state index < -0.39 is 35.7 Å². The molecule has 0 radical (unpaired) electrons. The fraction of sp³-hybridized carbons (Fsp3) is 0.812. The Balaban J connectivity index is -0.000000649. The van der Waals surface area contributed by atoms with Gasteiger partial charge in [-0.3, -0.25) is 28.8 Å². The van der Waals surface area contributed by atoms with Gasteiger partial charge in [0.1, 0.15) is 0 Å². The van der Waals surface area contributed by atoms with Crippen molar-refractivity contribution in [1.29, 1.82) is 0 Å². The molecule has 16 heteroatoms. The first-order valence-corrected chi connectivity index (χ1v) is 19.0. The lowest BCUT2D eigenvalue weighted by molar-refractivity contribution is -0.146. The third-order valence-corrected chi connectivity index (χ3v) is 7.91. The van der Waals surface area contributed by atoms with Gasteiger partial charge in [-0.05, 0) is 113 Å². The number of thiol groups is 4. The number of carbonyl (C=O) groups is 6. The van der Waals surface area contributed by atoms with Gasteiger partial charge in [0.25, 0.3) is 0 Å². The number of aliphatic carboxylic acids is 4. The standard InChI is InChI=1S/C14H26O4S2.2C9H16O4S/c15-13(17-9-3-5-11-19)7-1-2-8-14(16)18-10-4-6-12-20;2*10-8(11)5-1-3-7(9(12)13)4-2-6-14/h19-20H,1-12H2;2*7,14H,1-6H2,(H,10,11)(H,12,13). The number of hydrogen-bond donors (Lipinski definition) is 8. The first kappa shape index (κ1) is 50.6. The van der Waals surface area contributed by atoms with E-state index in [1.165, 1.54) is 0 Å². The summed E-state index contributed by atoms with van der Waals surface area (Å²) in [5.41, 5.74) is 0. The molecule has 2 unspecified atom stereocenters. The van der Waals surface area contributed by atoms with Crippen LogP contribution in [0.4, 0.5) is 0 Å². The maximum atomic E-state index is 11.3. The van der Waals surface area contributed by atoms with E-state index in [4.69, 9.17) is 29.9 Å². The molecule has 0 aromatic heterocycles. The Morgan fingerprint density at radius 3 is 1.00 bits per heavy atom. The number of unbranched alkanes of at least 4 members (excludes halogenated alkanes) is 3. The fourth-order valence-corrected chi connectivity index (χ4v) is 4.75. The monoisotopic (exact) mass is 762 g/mol. The lowest BCUT2D eigenvalue weighted by Crippen LogP contribution is -2.14. The van der Waals surface area contributed by atoms with Gasteiger partial charge in [-0.15, -0.1) is 0 Å². The van der Waals surface area contributed by atoms with Crippen LogP contribution in [0.15, 0.2) is 0 Å². The third kappa shape index (κ3) is 40.4. The van der Waals surface area contributed by atoms with Crippen molar-refractivity contribution in [2.24, 2.45) is 11.8 Å². The van der Waals surface area contributed by atoms with Crippen molar-refractivity contribution in [3.8, 4) is 0 Å². The molecule has 0 aromatic rings. The van der Waals surface area contributed by atoms with Gasteiger partial charge < -0.3 is 29.9 Å². The number of esters is 2.